The summed E-state index contributed by atoms with van der Waals surface area (Å²) in [7, 11) is 1.66. The van der Waals surface area contributed by atoms with Crippen molar-refractivity contribution in [2.75, 3.05) is 20.2 Å². The van der Waals surface area contributed by atoms with Crippen molar-refractivity contribution >= 4 is 34.3 Å². The molecule has 182 valence electrons. The Morgan fingerprint density at radius 1 is 1.03 bits per heavy atom. The third-order valence-electron chi connectivity index (χ3n) is 7.65. The van der Waals surface area contributed by atoms with Crippen LogP contribution in [0.3, 0.4) is 0 Å². The number of nitrogens with one attached hydrogen (secondary N) is 1. The van der Waals surface area contributed by atoms with Crippen molar-refractivity contribution in [2.24, 2.45) is 0 Å². The number of ether oxygens (including phenoxy) is 1. The Kier molecular flexibility index (Phi) is 5.30. The molecule has 2 amide bonds. The Morgan fingerprint density at radius 2 is 1.75 bits per heavy atom. The summed E-state index contributed by atoms with van der Waals surface area (Å²) < 4.78 is 5.70. The number of amides is 2. The van der Waals surface area contributed by atoms with Crippen molar-refractivity contribution < 1.29 is 14.3 Å². The van der Waals surface area contributed by atoms with E-state index < -0.39 is 5.54 Å². The summed E-state index contributed by atoms with van der Waals surface area (Å²) in [6, 6.07) is 23.4. The van der Waals surface area contributed by atoms with E-state index in [1.165, 1.54) is 0 Å². The predicted molar refractivity (Wildman–Crippen MR) is 139 cm³/mol. The Bertz CT molecular complexity index is 1510. The van der Waals surface area contributed by atoms with Gasteiger partial charge in [-0.1, -0.05) is 66.2 Å². The monoisotopic (exact) mass is 499 g/mol. The molecule has 36 heavy (non-hydrogen) atoms. The van der Waals surface area contributed by atoms with Crippen molar-refractivity contribution in [3.8, 4) is 5.75 Å². The van der Waals surface area contributed by atoms with Crippen molar-refractivity contribution in [1.29, 1.82) is 0 Å². The summed E-state index contributed by atoms with van der Waals surface area (Å²) in [5, 5.41) is 1.63. The summed E-state index contributed by atoms with van der Waals surface area (Å²) in [4.78, 5) is 34.8. The van der Waals surface area contributed by atoms with Gasteiger partial charge in [0.05, 0.1) is 12.8 Å². The van der Waals surface area contributed by atoms with E-state index in [-0.39, 0.29) is 30.8 Å². The first-order valence-electron chi connectivity index (χ1n) is 12.0. The number of rotatable bonds is 4. The molecule has 7 heteroatoms. The molecule has 0 radical (unpaired) electrons. The number of nitrogens with zero attached hydrogens (tertiary/aromatic N) is 2. The highest BCUT2D eigenvalue weighted by molar-refractivity contribution is 6.31. The molecular weight excluding hydrogens is 474 g/mol. The Labute approximate surface area is 214 Å². The van der Waals surface area contributed by atoms with Crippen LogP contribution in [-0.2, 0) is 21.7 Å². The Morgan fingerprint density at radius 3 is 2.56 bits per heavy atom. The molecule has 6 nitrogen and oxygen atoms in total. The third kappa shape index (κ3) is 3.24. The van der Waals surface area contributed by atoms with Crippen LogP contribution in [0.2, 0.25) is 5.02 Å². The summed E-state index contributed by atoms with van der Waals surface area (Å²) in [6.07, 6.45) is 0. The lowest BCUT2D eigenvalue weighted by atomic mass is 9.76. The summed E-state index contributed by atoms with van der Waals surface area (Å²) in [5.74, 6) is 0.410. The van der Waals surface area contributed by atoms with Gasteiger partial charge in [-0.25, -0.2) is 0 Å². The van der Waals surface area contributed by atoms with Crippen LogP contribution in [0, 0.1) is 0 Å². The first kappa shape index (κ1) is 22.7. The number of carbonyl (C=O) groups excluding carboxylic acids is 2. The highest BCUT2D eigenvalue weighted by atomic mass is 35.5. The molecule has 1 N–H and O–H groups in total. The van der Waals surface area contributed by atoms with Gasteiger partial charge >= 0.3 is 0 Å². The Hall–Kier alpha value is -3.77. The van der Waals surface area contributed by atoms with Crippen LogP contribution >= 0.6 is 11.6 Å². The molecule has 0 bridgehead atoms. The van der Waals surface area contributed by atoms with Crippen molar-refractivity contribution in [1.82, 2.24) is 14.8 Å². The van der Waals surface area contributed by atoms with Crippen LogP contribution in [0.25, 0.3) is 10.9 Å². The average molecular weight is 500 g/mol. The third-order valence-corrected chi connectivity index (χ3v) is 8.02. The first-order chi connectivity index (χ1) is 17.4. The summed E-state index contributed by atoms with van der Waals surface area (Å²) in [5.41, 5.74) is 3.38. The molecule has 4 aromatic rings. The minimum absolute atomic E-state index is 0.00779. The molecule has 6 rings (SSSR count). The SMILES string of the molecule is COc1ccccc1C1CN2C(=O)CN(Cc3ccccc3Cl)C(=O)[C@]2(C)c2[nH]c3ccccc3c21. The molecule has 1 fully saturated rings. The topological polar surface area (TPSA) is 65.6 Å². The number of methoxy groups -OCH3 is 1. The van der Waals surface area contributed by atoms with E-state index in [2.05, 4.69) is 11.1 Å². The van der Waals surface area contributed by atoms with Gasteiger partial charge in [-0.3, -0.25) is 9.59 Å². The predicted octanol–water partition coefficient (Wildman–Crippen LogP) is 5.06. The number of piperazine rings is 1. The second-order valence-electron chi connectivity index (χ2n) is 9.58. The number of H-pyrrole nitrogens is 1. The standard InChI is InChI=1S/C29H26ClN3O3/c1-29-27-26(20-11-4-7-13-23(20)31-27)21(19-10-5-8-14-24(19)36-2)16-33(29)25(34)17-32(28(29)35)15-18-9-3-6-12-22(18)30/h3-14,21,31H,15-17H2,1-2H3/t21?,29-/m0/s1. The summed E-state index contributed by atoms with van der Waals surface area (Å²) in [6.45, 7) is 2.53. The maximum Gasteiger partial charge on any atom is 0.255 e. The second-order valence-corrected chi connectivity index (χ2v) is 9.99. The van der Waals surface area contributed by atoms with Gasteiger partial charge in [0.1, 0.15) is 12.3 Å². The van der Waals surface area contributed by atoms with Gasteiger partial charge in [0.25, 0.3) is 5.91 Å². The summed E-state index contributed by atoms with van der Waals surface area (Å²) >= 11 is 6.40. The number of hydrogen-bond acceptors (Lipinski definition) is 3. The molecule has 3 heterocycles. The molecule has 1 saturated heterocycles. The van der Waals surface area contributed by atoms with Crippen LogP contribution in [0.15, 0.2) is 72.8 Å². The van der Waals surface area contributed by atoms with Gasteiger partial charge < -0.3 is 19.5 Å². The number of hydrogen-bond donors (Lipinski definition) is 1. The van der Waals surface area contributed by atoms with Crippen LogP contribution in [0.5, 0.6) is 5.75 Å². The van der Waals surface area contributed by atoms with Crippen molar-refractivity contribution in [2.45, 2.75) is 24.9 Å². The van der Waals surface area contributed by atoms with Crippen molar-refractivity contribution in [3.05, 3.63) is 100 Å². The van der Waals surface area contributed by atoms with E-state index in [1.54, 1.807) is 23.0 Å². The fourth-order valence-corrected chi connectivity index (χ4v) is 6.07. The van der Waals surface area contributed by atoms with Gasteiger partial charge in [0.15, 0.2) is 5.54 Å². The zero-order valence-electron chi connectivity index (χ0n) is 20.1. The van der Waals surface area contributed by atoms with Gasteiger partial charge in [-0.2, -0.15) is 0 Å². The first-order valence-corrected chi connectivity index (χ1v) is 12.4. The molecule has 0 aliphatic carbocycles. The number of benzene rings is 3. The second kappa shape index (κ2) is 8.42. The maximum absolute atomic E-state index is 14.2. The molecule has 2 aliphatic heterocycles. The smallest absolute Gasteiger partial charge is 0.255 e. The minimum Gasteiger partial charge on any atom is -0.496 e. The van der Waals surface area contributed by atoms with Crippen LogP contribution in [0.1, 0.15) is 35.2 Å². The lowest BCUT2D eigenvalue weighted by Gasteiger charge is -2.51. The van der Waals surface area contributed by atoms with E-state index in [9.17, 15) is 9.59 Å². The number of carbonyl (C=O) groups is 2. The van der Waals surface area contributed by atoms with E-state index in [1.807, 2.05) is 67.6 Å². The van der Waals surface area contributed by atoms with E-state index >= 15 is 0 Å². The molecule has 0 spiro atoms. The van der Waals surface area contributed by atoms with Crippen LogP contribution < -0.4 is 4.74 Å². The zero-order valence-corrected chi connectivity index (χ0v) is 20.9. The van der Waals surface area contributed by atoms with Gasteiger partial charge in [-0.15, -0.1) is 0 Å². The van der Waals surface area contributed by atoms with E-state index in [0.29, 0.717) is 11.6 Å². The molecule has 2 atom stereocenters. The maximum atomic E-state index is 14.2. The van der Waals surface area contributed by atoms with Gasteiger partial charge in [0, 0.05) is 40.5 Å². The highest BCUT2D eigenvalue weighted by Crippen LogP contribution is 2.49. The largest absolute Gasteiger partial charge is 0.496 e. The number of aromatic nitrogens is 1. The number of aromatic amines is 1. The molecule has 3 aromatic carbocycles. The average Bonchev–Trinajstić information content (AvgIpc) is 3.29. The normalized spacial score (nSPS) is 21.5. The number of para-hydroxylation sites is 2. The highest BCUT2D eigenvalue weighted by Gasteiger charge is 2.56. The molecule has 1 aromatic heterocycles. The molecule has 2 aliphatic rings. The van der Waals surface area contributed by atoms with E-state index in [4.69, 9.17) is 16.3 Å². The van der Waals surface area contributed by atoms with Crippen molar-refractivity contribution in [3.63, 3.8) is 0 Å². The Balaban J connectivity index is 1.53. The van der Waals surface area contributed by atoms with Crippen LogP contribution in [-0.4, -0.2) is 46.8 Å². The molecule has 0 saturated carbocycles. The van der Waals surface area contributed by atoms with Crippen LogP contribution in [0.4, 0.5) is 0 Å². The fourth-order valence-electron chi connectivity index (χ4n) is 5.87. The fraction of sp³-hybridized carbons (Fsp3) is 0.241. The lowest BCUT2D eigenvalue weighted by Crippen LogP contribution is -2.67. The minimum atomic E-state index is -1.16. The van der Waals surface area contributed by atoms with E-state index in [0.717, 1.165) is 39.0 Å². The van der Waals surface area contributed by atoms with Gasteiger partial charge in [0.2, 0.25) is 5.91 Å². The quantitative estimate of drug-likeness (QED) is 0.427. The molecular formula is C29H26ClN3O3. The molecule has 1 unspecified atom stereocenters. The lowest BCUT2D eigenvalue weighted by molar-refractivity contribution is -0.166. The zero-order chi connectivity index (χ0) is 25.0. The van der Waals surface area contributed by atoms with Gasteiger partial charge in [-0.05, 0) is 36.2 Å². The number of halogens is 1. The number of fused-ring (bicyclic) bond motifs is 5.